The molecule has 2 aromatic heterocycles. The maximum absolute atomic E-state index is 14.1. The van der Waals surface area contributed by atoms with Crippen LogP contribution in [0.2, 0.25) is 0 Å². The number of aromatic amines is 2. The first-order valence-electron chi connectivity index (χ1n) is 21.9. The van der Waals surface area contributed by atoms with E-state index in [2.05, 4.69) is 37.5 Å². The number of aromatic nitrogens is 4. The van der Waals surface area contributed by atoms with E-state index >= 15 is 0 Å². The fourth-order valence-corrected chi connectivity index (χ4v) is 9.51. The van der Waals surface area contributed by atoms with Gasteiger partial charge >= 0.3 is 18.8 Å². The largest absolute Gasteiger partial charge is 0.488 e. The lowest BCUT2D eigenvalue weighted by molar-refractivity contribution is -0.139. The predicted octanol–water partition coefficient (Wildman–Crippen LogP) is 7.94. The normalized spacial score (nSPS) is 18.8. The minimum Gasteiger partial charge on any atom is -0.488 e. The van der Waals surface area contributed by atoms with Gasteiger partial charge in [0.15, 0.2) is 0 Å². The summed E-state index contributed by atoms with van der Waals surface area (Å²) >= 11 is 0. The first kappa shape index (κ1) is 44.1. The lowest BCUT2D eigenvalue weighted by Crippen LogP contribution is -2.51. The highest BCUT2D eigenvalue weighted by molar-refractivity contribution is 6.06. The van der Waals surface area contributed by atoms with E-state index in [4.69, 9.17) is 24.2 Å². The van der Waals surface area contributed by atoms with Crippen LogP contribution in [-0.2, 0) is 30.4 Å². The summed E-state index contributed by atoms with van der Waals surface area (Å²) in [5.41, 5.74) is 6.60. The molecule has 18 heteroatoms. The topological polar surface area (TPSA) is 193 Å². The van der Waals surface area contributed by atoms with Gasteiger partial charge in [-0.1, -0.05) is 56.3 Å². The molecule has 3 aliphatic heterocycles. The lowest BCUT2D eigenvalue weighted by atomic mass is 9.92. The second-order valence-electron chi connectivity index (χ2n) is 17.2. The minimum atomic E-state index is -2.95. The molecule has 5 heterocycles. The number of nitrogens with zero attached hydrogens (tertiary/aromatic N) is 4. The molecule has 4 N–H and O–H groups in total. The van der Waals surface area contributed by atoms with Crippen molar-refractivity contribution in [2.45, 2.75) is 70.5 Å². The molecule has 66 heavy (non-hydrogen) atoms. The number of hydrogen-bond acceptors (Lipinski definition) is 10. The third kappa shape index (κ3) is 8.59. The summed E-state index contributed by atoms with van der Waals surface area (Å²) in [6.07, 6.45) is 2.12. The molecule has 6 aromatic rings. The average Bonchev–Trinajstić information content (AvgIpc) is 4.17. The zero-order valence-corrected chi connectivity index (χ0v) is 36.8. The van der Waals surface area contributed by atoms with Gasteiger partial charge in [-0.25, -0.2) is 19.6 Å². The highest BCUT2D eigenvalue weighted by Crippen LogP contribution is 2.44. The van der Waals surface area contributed by atoms with Crippen molar-refractivity contribution in [1.29, 1.82) is 0 Å². The van der Waals surface area contributed by atoms with Gasteiger partial charge in [-0.05, 0) is 77.6 Å². The van der Waals surface area contributed by atoms with Crippen molar-refractivity contribution in [2.75, 3.05) is 33.9 Å². The molecule has 16 nitrogen and oxygen atoms in total. The molecular formula is C48H50F2N8O8. The maximum Gasteiger partial charge on any atom is 0.407 e. The Morgan fingerprint density at radius 3 is 2.42 bits per heavy atom. The molecule has 0 spiro atoms. The Bertz CT molecular complexity index is 2800. The Labute approximate surface area is 378 Å². The summed E-state index contributed by atoms with van der Waals surface area (Å²) in [5, 5.41) is 7.18. The van der Waals surface area contributed by atoms with Crippen molar-refractivity contribution in [3.05, 3.63) is 102 Å². The zero-order chi connectivity index (χ0) is 46.2. The van der Waals surface area contributed by atoms with E-state index in [9.17, 15) is 28.0 Å². The highest BCUT2D eigenvalue weighted by Gasteiger charge is 2.42. The quantitative estimate of drug-likeness (QED) is 0.0937. The molecule has 2 fully saturated rings. The Morgan fingerprint density at radius 1 is 0.879 bits per heavy atom. The summed E-state index contributed by atoms with van der Waals surface area (Å²) in [4.78, 5) is 72.5. The molecule has 4 amide bonds. The van der Waals surface area contributed by atoms with Crippen LogP contribution in [0.15, 0.2) is 79.0 Å². The minimum absolute atomic E-state index is 0.140. The van der Waals surface area contributed by atoms with E-state index in [0.29, 0.717) is 54.5 Å². The number of rotatable bonds is 12. The van der Waals surface area contributed by atoms with Gasteiger partial charge in [-0.3, -0.25) is 9.59 Å². The number of H-pyrrole nitrogens is 2. The van der Waals surface area contributed by atoms with Crippen LogP contribution in [0, 0.1) is 11.8 Å². The predicted molar refractivity (Wildman–Crippen MR) is 238 cm³/mol. The van der Waals surface area contributed by atoms with E-state index in [-0.39, 0.29) is 36.9 Å². The van der Waals surface area contributed by atoms with Crippen LogP contribution in [0.4, 0.5) is 18.4 Å². The van der Waals surface area contributed by atoms with Crippen molar-refractivity contribution >= 4 is 45.8 Å². The fourth-order valence-electron chi connectivity index (χ4n) is 9.51. The number of hydrogen-bond donors (Lipinski definition) is 4. The van der Waals surface area contributed by atoms with Crippen LogP contribution >= 0.6 is 0 Å². The number of methoxy groups -OCH3 is 2. The number of nitrogens with one attached hydrogen (secondary N) is 4. The van der Waals surface area contributed by atoms with Crippen LogP contribution < -0.4 is 15.4 Å². The smallest absolute Gasteiger partial charge is 0.407 e. The summed E-state index contributed by atoms with van der Waals surface area (Å²) < 4.78 is 46.9. The van der Waals surface area contributed by atoms with Crippen LogP contribution in [-0.4, -0.2) is 100 Å². The number of alkyl halides is 2. The summed E-state index contributed by atoms with van der Waals surface area (Å²) in [6.45, 7) is 1.37. The number of imidazole rings is 2. The third-order valence-corrected chi connectivity index (χ3v) is 12.8. The number of carbonyl (C=O) groups excluding carboxylic acids is 4. The molecule has 1 unspecified atom stereocenters. The number of halogens is 2. The van der Waals surface area contributed by atoms with E-state index in [1.54, 1.807) is 42.0 Å². The van der Waals surface area contributed by atoms with Crippen LogP contribution in [0.3, 0.4) is 0 Å². The molecule has 9 rings (SSSR count). The number of benzene rings is 4. The number of fused-ring (bicyclic) bond motifs is 6. The molecular weight excluding hydrogens is 855 g/mol. The van der Waals surface area contributed by atoms with Gasteiger partial charge in [-0.15, -0.1) is 0 Å². The number of likely N-dealkylation sites (tertiary alicyclic amines) is 2. The Balaban J connectivity index is 0.967. The summed E-state index contributed by atoms with van der Waals surface area (Å²) in [6, 6.07) is 20.4. The lowest BCUT2D eigenvalue weighted by Gasteiger charge is -2.30. The Kier molecular flexibility index (Phi) is 12.3. The SMILES string of the molecule is COC(=O)N[C@H](C(=O)N1C[C@@H](COC(F)F)C[C@H]1c1nc2ccc3cc4c(cc3c2[nH]1)COc1cc(-c2cnc(C3CCCN3C(=O)[C@H](NC(=O)OC)c3ccccc3)[nH]2)ccc1-4)C(C)C. The molecule has 0 bridgehead atoms. The van der Waals surface area contributed by atoms with E-state index < -0.39 is 42.8 Å². The molecule has 4 aromatic carbocycles. The Morgan fingerprint density at radius 2 is 1.67 bits per heavy atom. The Hall–Kier alpha value is -7.08. The van der Waals surface area contributed by atoms with E-state index in [1.807, 2.05) is 48.5 Å². The van der Waals surface area contributed by atoms with Crippen LogP contribution in [0.1, 0.15) is 74.0 Å². The van der Waals surface area contributed by atoms with Gasteiger partial charge in [0.1, 0.15) is 36.1 Å². The van der Waals surface area contributed by atoms with Crippen LogP contribution in [0.25, 0.3) is 44.2 Å². The monoisotopic (exact) mass is 904 g/mol. The second-order valence-corrected chi connectivity index (χ2v) is 17.2. The maximum atomic E-state index is 14.1. The van der Waals surface area contributed by atoms with E-state index in [1.165, 1.54) is 14.2 Å². The van der Waals surface area contributed by atoms with Gasteiger partial charge in [0, 0.05) is 35.5 Å². The van der Waals surface area contributed by atoms with Crippen molar-refractivity contribution < 1.29 is 46.9 Å². The van der Waals surface area contributed by atoms with Crippen LogP contribution in [0.5, 0.6) is 5.75 Å². The van der Waals surface area contributed by atoms with E-state index in [0.717, 1.165) is 50.7 Å². The number of amides is 4. The van der Waals surface area contributed by atoms with Gasteiger partial charge < -0.3 is 49.3 Å². The van der Waals surface area contributed by atoms with Crippen molar-refractivity contribution in [3.63, 3.8) is 0 Å². The first-order chi connectivity index (χ1) is 31.9. The molecule has 3 aliphatic rings. The number of ether oxygens (including phenoxy) is 4. The molecule has 2 saturated heterocycles. The first-order valence-corrected chi connectivity index (χ1v) is 21.9. The molecule has 344 valence electrons. The standard InChI is InChI=1S/C48H50F2N8O8/c1-25(2)39(55-47(61)63-3)44(59)58-22-26(23-66-46(49)50)17-37(58)43-52-34-15-13-28-18-32-30(19-33(28)41(34)54-43)24-65-38-20-29(12-14-31(32)38)35-21-51-42(53-35)36-11-8-16-57(36)45(60)40(56-48(62)64-4)27-9-6-5-7-10-27/h5-7,9-10,12-15,18-21,25-26,36-37,39-40,46H,8,11,16-17,22-24H2,1-4H3,(H,51,53)(H,52,54)(H,55,61)(H,56,62)/t26-,36?,37-,39-,40+/m0/s1. The summed E-state index contributed by atoms with van der Waals surface area (Å²) in [7, 11) is 2.48. The molecule has 0 aliphatic carbocycles. The summed E-state index contributed by atoms with van der Waals surface area (Å²) in [5.74, 6) is 0.543. The average molecular weight is 905 g/mol. The molecule has 0 radical (unpaired) electrons. The highest BCUT2D eigenvalue weighted by atomic mass is 19.3. The fraction of sp³-hybridized carbons (Fsp3) is 0.375. The molecule has 0 saturated carbocycles. The number of alkyl carbamates (subject to hydrolysis) is 2. The zero-order valence-electron chi connectivity index (χ0n) is 36.8. The van der Waals surface area contributed by atoms with Gasteiger partial charge in [0.25, 0.3) is 5.91 Å². The van der Waals surface area contributed by atoms with Gasteiger partial charge in [0.05, 0.1) is 55.8 Å². The third-order valence-electron chi connectivity index (χ3n) is 12.8. The van der Waals surface area contributed by atoms with Gasteiger partial charge in [-0.2, -0.15) is 8.78 Å². The van der Waals surface area contributed by atoms with Crippen molar-refractivity contribution in [3.8, 4) is 28.1 Å². The number of carbonyl (C=O) groups is 4. The second kappa shape index (κ2) is 18.4. The van der Waals surface area contributed by atoms with Crippen molar-refractivity contribution in [2.24, 2.45) is 11.8 Å². The van der Waals surface area contributed by atoms with Crippen molar-refractivity contribution in [1.82, 2.24) is 40.4 Å². The van der Waals surface area contributed by atoms with Gasteiger partial charge in [0.2, 0.25) is 5.91 Å². The molecule has 5 atom stereocenters.